The van der Waals surface area contributed by atoms with Crippen LogP contribution >= 0.6 is 0 Å². The van der Waals surface area contributed by atoms with E-state index < -0.39 is 0 Å². The molecule has 0 amide bonds. The largest absolute Gasteiger partial charge is 0.296 e. The molecule has 1 aliphatic carbocycles. The molecule has 1 aromatic heterocycles. The molecule has 0 N–H and O–H groups in total. The Morgan fingerprint density at radius 2 is 2.36 bits per heavy atom. The van der Waals surface area contributed by atoms with Crippen molar-refractivity contribution in [2.75, 3.05) is 0 Å². The Balaban J connectivity index is 2.41. The minimum Gasteiger partial charge on any atom is -0.296 e. The molecule has 1 fully saturated rings. The number of hydrogen-bond acceptors (Lipinski definition) is 3. The molecule has 0 aliphatic heterocycles. The Hall–Kier alpha value is -1.69. The Morgan fingerprint density at radius 3 is 2.86 bits per heavy atom. The Labute approximate surface area is 82.4 Å². The molecule has 14 heavy (non-hydrogen) atoms. The molecule has 0 radical (unpaired) electrons. The standard InChI is InChI=1S/C11H10N2O/c12-8-11(3-1-4-11)9-2-5-13-10(6-9)7-14/h2,5-7H,1,3-4H2. The molecular weight excluding hydrogens is 176 g/mol. The van der Waals surface area contributed by atoms with Gasteiger partial charge in [-0.05, 0) is 37.0 Å². The van der Waals surface area contributed by atoms with Crippen molar-refractivity contribution in [3.8, 4) is 6.07 Å². The Kier molecular flexibility index (Phi) is 2.05. The second-order valence-electron chi connectivity index (χ2n) is 3.63. The topological polar surface area (TPSA) is 53.8 Å². The molecule has 3 heteroatoms. The quantitative estimate of drug-likeness (QED) is 0.662. The van der Waals surface area contributed by atoms with Gasteiger partial charge in [0.15, 0.2) is 6.29 Å². The summed E-state index contributed by atoms with van der Waals surface area (Å²) < 4.78 is 0. The molecule has 3 nitrogen and oxygen atoms in total. The van der Waals surface area contributed by atoms with Gasteiger partial charge in [-0.1, -0.05) is 0 Å². The zero-order valence-corrected chi connectivity index (χ0v) is 7.73. The van der Waals surface area contributed by atoms with Gasteiger partial charge in [0.2, 0.25) is 0 Å². The number of nitrogens with zero attached hydrogens (tertiary/aromatic N) is 2. The first-order valence-corrected chi connectivity index (χ1v) is 4.64. The number of aldehydes is 1. The number of rotatable bonds is 2. The summed E-state index contributed by atoms with van der Waals surface area (Å²) in [5.74, 6) is 0. The molecule has 0 unspecified atom stereocenters. The van der Waals surface area contributed by atoms with E-state index in [1.165, 1.54) is 0 Å². The fraction of sp³-hybridized carbons (Fsp3) is 0.364. The van der Waals surface area contributed by atoms with Crippen LogP contribution in [0, 0.1) is 11.3 Å². The van der Waals surface area contributed by atoms with Crippen LogP contribution in [0.15, 0.2) is 18.3 Å². The van der Waals surface area contributed by atoms with Crippen molar-refractivity contribution in [2.45, 2.75) is 24.7 Å². The molecule has 0 bridgehead atoms. The SMILES string of the molecule is N#CC1(c2ccnc(C=O)c2)CCC1. The van der Waals surface area contributed by atoms with Gasteiger partial charge in [-0.3, -0.25) is 9.78 Å². The van der Waals surface area contributed by atoms with Gasteiger partial charge < -0.3 is 0 Å². The van der Waals surface area contributed by atoms with Gasteiger partial charge in [0.25, 0.3) is 0 Å². The van der Waals surface area contributed by atoms with E-state index in [1.54, 1.807) is 12.3 Å². The van der Waals surface area contributed by atoms with Crippen LogP contribution in [0.5, 0.6) is 0 Å². The number of pyridine rings is 1. The number of carbonyl (C=O) groups is 1. The van der Waals surface area contributed by atoms with E-state index in [-0.39, 0.29) is 5.41 Å². The third kappa shape index (κ3) is 1.20. The predicted molar refractivity (Wildman–Crippen MR) is 50.8 cm³/mol. The van der Waals surface area contributed by atoms with Crippen molar-refractivity contribution in [1.29, 1.82) is 5.26 Å². The number of aromatic nitrogens is 1. The van der Waals surface area contributed by atoms with Crippen molar-refractivity contribution in [1.82, 2.24) is 4.98 Å². The lowest BCUT2D eigenvalue weighted by Gasteiger charge is -2.35. The summed E-state index contributed by atoms with van der Waals surface area (Å²) >= 11 is 0. The van der Waals surface area contributed by atoms with E-state index in [0.29, 0.717) is 12.0 Å². The Bertz CT molecular complexity index is 402. The monoisotopic (exact) mass is 186 g/mol. The van der Waals surface area contributed by atoms with Crippen LogP contribution in [0.4, 0.5) is 0 Å². The second kappa shape index (κ2) is 3.22. The van der Waals surface area contributed by atoms with Crippen LogP contribution in [0.2, 0.25) is 0 Å². The lowest BCUT2D eigenvalue weighted by molar-refractivity contribution is 0.111. The average Bonchev–Trinajstić information content (AvgIpc) is 2.18. The van der Waals surface area contributed by atoms with E-state index >= 15 is 0 Å². The summed E-state index contributed by atoms with van der Waals surface area (Å²) in [5.41, 5.74) is 0.994. The molecule has 0 atom stereocenters. The van der Waals surface area contributed by atoms with Gasteiger partial charge in [-0.15, -0.1) is 0 Å². The lowest BCUT2D eigenvalue weighted by atomic mass is 9.66. The Morgan fingerprint density at radius 1 is 1.57 bits per heavy atom. The average molecular weight is 186 g/mol. The summed E-state index contributed by atoms with van der Waals surface area (Å²) in [6, 6.07) is 5.89. The van der Waals surface area contributed by atoms with Gasteiger partial charge in [0.1, 0.15) is 5.69 Å². The fourth-order valence-corrected chi connectivity index (χ4v) is 1.81. The molecule has 1 heterocycles. The highest BCUT2D eigenvalue weighted by Crippen LogP contribution is 2.42. The molecule has 70 valence electrons. The second-order valence-corrected chi connectivity index (χ2v) is 3.63. The summed E-state index contributed by atoms with van der Waals surface area (Å²) in [7, 11) is 0. The van der Waals surface area contributed by atoms with Crippen LogP contribution in [0.25, 0.3) is 0 Å². The zero-order chi connectivity index (χ0) is 10.0. The maximum Gasteiger partial charge on any atom is 0.168 e. The van der Waals surface area contributed by atoms with Crippen LogP contribution in [-0.4, -0.2) is 11.3 Å². The first-order chi connectivity index (χ1) is 6.80. The van der Waals surface area contributed by atoms with Gasteiger partial charge in [-0.25, -0.2) is 0 Å². The van der Waals surface area contributed by atoms with E-state index in [4.69, 9.17) is 5.26 Å². The normalized spacial score (nSPS) is 17.9. The van der Waals surface area contributed by atoms with Crippen molar-refractivity contribution in [2.24, 2.45) is 0 Å². The van der Waals surface area contributed by atoms with Crippen LogP contribution in [-0.2, 0) is 5.41 Å². The number of carbonyl (C=O) groups excluding carboxylic acids is 1. The van der Waals surface area contributed by atoms with Crippen molar-refractivity contribution in [3.05, 3.63) is 29.6 Å². The van der Waals surface area contributed by atoms with Crippen LogP contribution in [0.3, 0.4) is 0 Å². The van der Waals surface area contributed by atoms with Crippen molar-refractivity contribution in [3.63, 3.8) is 0 Å². The van der Waals surface area contributed by atoms with Crippen molar-refractivity contribution >= 4 is 6.29 Å². The molecule has 1 aliphatic rings. The third-order valence-electron chi connectivity index (χ3n) is 2.88. The number of nitriles is 1. The maximum absolute atomic E-state index is 10.5. The first-order valence-electron chi connectivity index (χ1n) is 4.64. The molecule has 1 aromatic rings. The third-order valence-corrected chi connectivity index (χ3v) is 2.88. The van der Waals surface area contributed by atoms with Crippen molar-refractivity contribution < 1.29 is 4.79 Å². The highest BCUT2D eigenvalue weighted by Gasteiger charge is 2.39. The van der Waals surface area contributed by atoms with E-state index in [1.807, 2.05) is 6.07 Å². The molecule has 1 saturated carbocycles. The number of hydrogen-bond donors (Lipinski definition) is 0. The van der Waals surface area contributed by atoms with Gasteiger partial charge in [0, 0.05) is 6.20 Å². The maximum atomic E-state index is 10.5. The summed E-state index contributed by atoms with van der Waals surface area (Å²) in [4.78, 5) is 14.4. The summed E-state index contributed by atoms with van der Waals surface area (Å²) in [6.45, 7) is 0. The summed E-state index contributed by atoms with van der Waals surface area (Å²) in [5, 5.41) is 9.09. The molecular formula is C11H10N2O. The highest BCUT2D eigenvalue weighted by molar-refractivity contribution is 5.72. The molecule has 0 spiro atoms. The van der Waals surface area contributed by atoms with Gasteiger partial charge in [0.05, 0.1) is 11.5 Å². The predicted octanol–water partition coefficient (Wildman–Crippen LogP) is 1.84. The van der Waals surface area contributed by atoms with Crippen LogP contribution < -0.4 is 0 Å². The smallest absolute Gasteiger partial charge is 0.168 e. The molecule has 0 aromatic carbocycles. The van der Waals surface area contributed by atoms with E-state index in [2.05, 4.69) is 11.1 Å². The summed E-state index contributed by atoms with van der Waals surface area (Å²) in [6.07, 6.45) is 5.19. The zero-order valence-electron chi connectivity index (χ0n) is 7.73. The minimum atomic E-state index is -0.347. The van der Waals surface area contributed by atoms with E-state index in [0.717, 1.165) is 24.8 Å². The minimum absolute atomic E-state index is 0.347. The first kappa shape index (κ1) is 8.89. The molecule has 2 rings (SSSR count). The van der Waals surface area contributed by atoms with Gasteiger partial charge in [-0.2, -0.15) is 5.26 Å². The fourth-order valence-electron chi connectivity index (χ4n) is 1.81. The highest BCUT2D eigenvalue weighted by atomic mass is 16.1. The van der Waals surface area contributed by atoms with Crippen LogP contribution in [0.1, 0.15) is 35.3 Å². The van der Waals surface area contributed by atoms with E-state index in [9.17, 15) is 4.79 Å². The lowest BCUT2D eigenvalue weighted by Crippen LogP contribution is -2.32. The molecule has 0 saturated heterocycles. The van der Waals surface area contributed by atoms with Gasteiger partial charge >= 0.3 is 0 Å².